The minimum atomic E-state index is 0. The molecule has 4 rings (SSSR count). The van der Waals surface area contributed by atoms with Crippen LogP contribution in [0.4, 0.5) is 5.69 Å². The van der Waals surface area contributed by atoms with Gasteiger partial charge in [-0.25, -0.2) is 9.98 Å². The van der Waals surface area contributed by atoms with E-state index in [1.807, 2.05) is 89.6 Å². The molecule has 0 spiro atoms. The number of halogens is 1. The van der Waals surface area contributed by atoms with Gasteiger partial charge in [0.15, 0.2) is 5.96 Å². The lowest BCUT2D eigenvalue weighted by Gasteiger charge is -2.10. The van der Waals surface area contributed by atoms with E-state index in [0.717, 1.165) is 28.4 Å². The van der Waals surface area contributed by atoms with Crippen LogP contribution in [-0.4, -0.2) is 15.5 Å². The van der Waals surface area contributed by atoms with E-state index in [1.54, 1.807) is 12.5 Å². The summed E-state index contributed by atoms with van der Waals surface area (Å²) in [5.41, 5.74) is 8.99. The van der Waals surface area contributed by atoms with Crippen molar-refractivity contribution in [3.05, 3.63) is 103 Å². The molecule has 30 heavy (non-hydrogen) atoms. The molecule has 6 nitrogen and oxygen atoms in total. The van der Waals surface area contributed by atoms with E-state index >= 15 is 0 Å². The first-order valence-corrected chi connectivity index (χ1v) is 9.24. The van der Waals surface area contributed by atoms with Crippen LogP contribution in [0.3, 0.4) is 0 Å². The Labute approximate surface area is 192 Å². The van der Waals surface area contributed by atoms with Gasteiger partial charge in [0, 0.05) is 24.1 Å². The summed E-state index contributed by atoms with van der Waals surface area (Å²) in [5, 5.41) is 3.12. The number of rotatable bonds is 6. The van der Waals surface area contributed by atoms with E-state index in [9.17, 15) is 0 Å². The van der Waals surface area contributed by atoms with Crippen LogP contribution in [-0.2, 0) is 6.54 Å². The minimum Gasteiger partial charge on any atom is -0.457 e. The standard InChI is InChI=1S/C23H21N5O.HI/c24-23(26-16-18-7-4-5-12-22(18)28-14-13-25-17-28)27-19-8-6-11-21(15-19)29-20-9-2-1-3-10-20;/h1-15,17H,16H2,(H3,24,26,27);1H. The number of aromatic nitrogens is 2. The summed E-state index contributed by atoms with van der Waals surface area (Å²) in [5.74, 6) is 1.84. The third kappa shape index (κ3) is 5.60. The predicted octanol–water partition coefficient (Wildman–Crippen LogP) is 5.21. The maximum absolute atomic E-state index is 6.10. The molecule has 3 N–H and O–H groups in total. The fraction of sp³-hybridized carbons (Fsp3) is 0.0435. The first-order valence-electron chi connectivity index (χ1n) is 9.24. The Morgan fingerprint density at radius 1 is 0.967 bits per heavy atom. The highest BCUT2D eigenvalue weighted by Crippen LogP contribution is 2.23. The first kappa shape index (κ1) is 21.4. The van der Waals surface area contributed by atoms with Crippen molar-refractivity contribution in [1.29, 1.82) is 0 Å². The quantitative estimate of drug-likeness (QED) is 0.212. The third-order valence-electron chi connectivity index (χ3n) is 4.28. The van der Waals surface area contributed by atoms with E-state index in [-0.39, 0.29) is 24.0 Å². The molecule has 7 heteroatoms. The van der Waals surface area contributed by atoms with E-state index in [2.05, 4.69) is 15.3 Å². The van der Waals surface area contributed by atoms with Gasteiger partial charge in [-0.05, 0) is 35.9 Å². The second-order valence-corrected chi connectivity index (χ2v) is 6.37. The van der Waals surface area contributed by atoms with Crippen molar-refractivity contribution in [2.75, 3.05) is 5.32 Å². The second-order valence-electron chi connectivity index (χ2n) is 6.37. The molecule has 4 aromatic rings. The summed E-state index contributed by atoms with van der Waals surface area (Å²) >= 11 is 0. The number of benzene rings is 3. The van der Waals surface area contributed by atoms with Gasteiger partial charge in [-0.1, -0.05) is 42.5 Å². The number of aliphatic imine (C=N–C) groups is 1. The fourth-order valence-electron chi connectivity index (χ4n) is 2.92. The maximum Gasteiger partial charge on any atom is 0.193 e. The average molecular weight is 511 g/mol. The van der Waals surface area contributed by atoms with Crippen LogP contribution >= 0.6 is 24.0 Å². The molecule has 1 heterocycles. The molecule has 0 amide bonds. The molecule has 0 atom stereocenters. The number of guanidine groups is 1. The van der Waals surface area contributed by atoms with Crippen LogP contribution in [0.15, 0.2) is 103 Å². The Morgan fingerprint density at radius 2 is 1.73 bits per heavy atom. The van der Waals surface area contributed by atoms with Crippen molar-refractivity contribution in [2.24, 2.45) is 10.7 Å². The zero-order valence-corrected chi connectivity index (χ0v) is 18.5. The van der Waals surface area contributed by atoms with Crippen molar-refractivity contribution < 1.29 is 4.74 Å². The fourth-order valence-corrected chi connectivity index (χ4v) is 2.92. The Hall–Kier alpha value is -3.33. The maximum atomic E-state index is 6.10. The number of hydrogen-bond donors (Lipinski definition) is 2. The Balaban J connectivity index is 0.00000256. The van der Waals surface area contributed by atoms with Gasteiger partial charge in [0.2, 0.25) is 0 Å². The molecule has 0 aliphatic heterocycles. The first-order chi connectivity index (χ1) is 14.3. The molecule has 0 aliphatic carbocycles. The van der Waals surface area contributed by atoms with Crippen molar-refractivity contribution in [1.82, 2.24) is 9.55 Å². The molecule has 0 saturated heterocycles. The lowest BCUT2D eigenvalue weighted by atomic mass is 10.2. The van der Waals surface area contributed by atoms with Gasteiger partial charge in [-0.2, -0.15) is 0 Å². The molecule has 0 unspecified atom stereocenters. The molecular weight excluding hydrogens is 489 g/mol. The molecular formula is C23H22IN5O. The summed E-state index contributed by atoms with van der Waals surface area (Å²) in [4.78, 5) is 8.59. The number of ether oxygens (including phenoxy) is 1. The highest BCUT2D eigenvalue weighted by Gasteiger charge is 2.04. The van der Waals surface area contributed by atoms with Crippen molar-refractivity contribution >= 4 is 35.6 Å². The Morgan fingerprint density at radius 3 is 2.53 bits per heavy atom. The summed E-state index contributed by atoms with van der Waals surface area (Å²) in [6.45, 7) is 0.452. The van der Waals surface area contributed by atoms with Gasteiger partial charge in [-0.15, -0.1) is 24.0 Å². The number of imidazole rings is 1. The Bertz CT molecular complexity index is 1100. The molecule has 0 fully saturated rings. The second kappa shape index (κ2) is 10.4. The Kier molecular flexibility index (Phi) is 7.45. The van der Waals surface area contributed by atoms with Crippen LogP contribution < -0.4 is 15.8 Å². The predicted molar refractivity (Wildman–Crippen MR) is 131 cm³/mol. The van der Waals surface area contributed by atoms with Crippen molar-refractivity contribution in [2.45, 2.75) is 6.54 Å². The van der Waals surface area contributed by atoms with Gasteiger partial charge >= 0.3 is 0 Å². The molecule has 0 aliphatic rings. The lowest BCUT2D eigenvalue weighted by molar-refractivity contribution is 0.483. The van der Waals surface area contributed by atoms with Crippen molar-refractivity contribution in [3.63, 3.8) is 0 Å². The van der Waals surface area contributed by atoms with Gasteiger partial charge in [0.1, 0.15) is 11.5 Å². The molecule has 0 saturated carbocycles. The summed E-state index contributed by atoms with van der Waals surface area (Å²) in [6, 6.07) is 25.3. The smallest absolute Gasteiger partial charge is 0.193 e. The van der Waals surface area contributed by atoms with Crippen LogP contribution in [0.25, 0.3) is 5.69 Å². The van der Waals surface area contributed by atoms with Crippen molar-refractivity contribution in [3.8, 4) is 17.2 Å². The van der Waals surface area contributed by atoms with Crippen LogP contribution in [0, 0.1) is 0 Å². The lowest BCUT2D eigenvalue weighted by Crippen LogP contribution is -2.22. The highest BCUT2D eigenvalue weighted by atomic mass is 127. The van der Waals surface area contributed by atoms with Crippen LogP contribution in [0.2, 0.25) is 0 Å². The highest BCUT2D eigenvalue weighted by molar-refractivity contribution is 14.0. The van der Waals surface area contributed by atoms with Gasteiger partial charge in [0.05, 0.1) is 18.6 Å². The number of hydrogen-bond acceptors (Lipinski definition) is 3. The van der Waals surface area contributed by atoms with Crippen LogP contribution in [0.5, 0.6) is 11.5 Å². The summed E-state index contributed by atoms with van der Waals surface area (Å²) in [7, 11) is 0. The number of nitrogens with zero attached hydrogens (tertiary/aromatic N) is 3. The normalized spacial score (nSPS) is 10.9. The van der Waals surface area contributed by atoms with E-state index in [4.69, 9.17) is 10.5 Å². The van der Waals surface area contributed by atoms with Gasteiger partial charge in [0.25, 0.3) is 0 Å². The topological polar surface area (TPSA) is 77.5 Å². The minimum absolute atomic E-state index is 0. The van der Waals surface area contributed by atoms with E-state index < -0.39 is 0 Å². The number of anilines is 1. The monoisotopic (exact) mass is 511 g/mol. The number of nitrogens with two attached hydrogens (primary N) is 1. The van der Waals surface area contributed by atoms with Crippen LogP contribution in [0.1, 0.15) is 5.56 Å². The summed E-state index contributed by atoms with van der Waals surface area (Å²) < 4.78 is 7.81. The van der Waals surface area contributed by atoms with Gasteiger partial charge in [-0.3, -0.25) is 0 Å². The molecule has 0 bridgehead atoms. The molecule has 0 radical (unpaired) electrons. The number of para-hydroxylation sites is 2. The van der Waals surface area contributed by atoms with E-state index in [1.165, 1.54) is 0 Å². The van der Waals surface area contributed by atoms with Gasteiger partial charge < -0.3 is 20.4 Å². The number of nitrogens with one attached hydrogen (secondary N) is 1. The molecule has 3 aromatic carbocycles. The molecule has 152 valence electrons. The summed E-state index contributed by atoms with van der Waals surface area (Å²) in [6.07, 6.45) is 5.42. The zero-order chi connectivity index (χ0) is 19.9. The average Bonchev–Trinajstić information content (AvgIpc) is 3.28. The third-order valence-corrected chi connectivity index (χ3v) is 4.28. The zero-order valence-electron chi connectivity index (χ0n) is 16.2. The van der Waals surface area contributed by atoms with E-state index in [0.29, 0.717) is 12.5 Å². The molecule has 1 aromatic heterocycles. The SMILES string of the molecule is I.NC(=NCc1ccccc1-n1ccnc1)Nc1cccc(Oc2ccccc2)c1. The largest absolute Gasteiger partial charge is 0.457 e.